The minimum atomic E-state index is -0.466. The van der Waals surface area contributed by atoms with Gasteiger partial charge in [0.25, 0.3) is 5.56 Å². The van der Waals surface area contributed by atoms with E-state index in [9.17, 15) is 9.59 Å². The van der Waals surface area contributed by atoms with E-state index >= 15 is 0 Å². The van der Waals surface area contributed by atoms with Crippen molar-refractivity contribution in [2.24, 2.45) is 13.0 Å². The molecule has 1 aliphatic rings. The number of para-hydroxylation sites is 1. The van der Waals surface area contributed by atoms with Gasteiger partial charge in [0.1, 0.15) is 11.7 Å². The number of halogens is 1. The monoisotopic (exact) mass is 421 g/mol. The maximum atomic E-state index is 12.9. The van der Waals surface area contributed by atoms with Crippen molar-refractivity contribution in [3.8, 4) is 5.69 Å². The highest BCUT2D eigenvalue weighted by Crippen LogP contribution is 2.23. The van der Waals surface area contributed by atoms with Gasteiger partial charge in [0, 0.05) is 13.1 Å². The van der Waals surface area contributed by atoms with Gasteiger partial charge in [-0.2, -0.15) is 0 Å². The van der Waals surface area contributed by atoms with Gasteiger partial charge in [-0.15, -0.1) is 0 Å². The van der Waals surface area contributed by atoms with Crippen molar-refractivity contribution in [1.29, 1.82) is 0 Å². The molecule has 2 heterocycles. The van der Waals surface area contributed by atoms with Gasteiger partial charge in [-0.1, -0.05) is 48.0 Å². The lowest BCUT2D eigenvalue weighted by molar-refractivity contribution is -0.117. The van der Waals surface area contributed by atoms with Gasteiger partial charge in [-0.25, -0.2) is 10.1 Å². The van der Waals surface area contributed by atoms with Crippen molar-refractivity contribution in [1.82, 2.24) is 20.2 Å². The van der Waals surface area contributed by atoms with E-state index in [2.05, 4.69) is 45.9 Å². The summed E-state index contributed by atoms with van der Waals surface area (Å²) in [5, 5.41) is 2.82. The lowest BCUT2D eigenvalue weighted by atomic mass is 9.99. The van der Waals surface area contributed by atoms with Crippen molar-refractivity contribution in [3.63, 3.8) is 0 Å². The Bertz CT molecular complexity index is 858. The minimum Gasteiger partial charge on any atom is -0.318 e. The molecule has 1 aliphatic heterocycles. The molecular formula is C18H24BrN5O2. The van der Waals surface area contributed by atoms with Gasteiger partial charge >= 0.3 is 0 Å². The van der Waals surface area contributed by atoms with Gasteiger partial charge in [-0.3, -0.25) is 19.7 Å². The number of carbonyl (C=O) groups is 1. The van der Waals surface area contributed by atoms with Gasteiger partial charge in [0.2, 0.25) is 5.91 Å². The highest BCUT2D eigenvalue weighted by Gasteiger charge is 2.40. The Morgan fingerprint density at radius 3 is 2.46 bits per heavy atom. The van der Waals surface area contributed by atoms with Crippen molar-refractivity contribution in [2.45, 2.75) is 37.7 Å². The van der Waals surface area contributed by atoms with Crippen LogP contribution in [0.25, 0.3) is 5.69 Å². The van der Waals surface area contributed by atoms with E-state index in [1.807, 2.05) is 37.3 Å². The average Bonchev–Trinajstić information content (AvgIpc) is 3.09. The summed E-state index contributed by atoms with van der Waals surface area (Å²) in [4.78, 5) is 25.6. The van der Waals surface area contributed by atoms with E-state index in [1.165, 1.54) is 0 Å². The summed E-state index contributed by atoms with van der Waals surface area (Å²) in [5.41, 5.74) is 7.68. The summed E-state index contributed by atoms with van der Waals surface area (Å²) < 4.78 is 3.30. The molecule has 140 valence electrons. The first-order valence-corrected chi connectivity index (χ1v) is 9.54. The number of amides is 1. The third kappa shape index (κ3) is 3.24. The molecule has 1 aromatic carbocycles. The highest BCUT2D eigenvalue weighted by atomic mass is 79.9. The first-order valence-electron chi connectivity index (χ1n) is 8.63. The van der Waals surface area contributed by atoms with Crippen LogP contribution in [0, 0.1) is 12.8 Å². The van der Waals surface area contributed by atoms with Crippen molar-refractivity contribution >= 4 is 27.5 Å². The Kier molecular flexibility index (Phi) is 5.36. The molecule has 7 nitrogen and oxygen atoms in total. The predicted octanol–water partition coefficient (Wildman–Crippen LogP) is 1.69. The van der Waals surface area contributed by atoms with Crippen LogP contribution in [0.1, 0.15) is 19.5 Å². The number of nitrogens with one attached hydrogen (secondary N) is 3. The molecule has 0 spiro atoms. The van der Waals surface area contributed by atoms with Crippen LogP contribution in [0.3, 0.4) is 0 Å². The SMILES string of the molecule is Cc1c(NC(=O)C2NNC(C(C)C)C2Br)c(=O)n(-c2ccccc2)n1C. The average molecular weight is 422 g/mol. The summed E-state index contributed by atoms with van der Waals surface area (Å²) in [6, 6.07) is 9.02. The van der Waals surface area contributed by atoms with E-state index in [4.69, 9.17) is 0 Å². The predicted molar refractivity (Wildman–Crippen MR) is 106 cm³/mol. The smallest absolute Gasteiger partial charge is 0.295 e. The van der Waals surface area contributed by atoms with Gasteiger partial charge in [-0.05, 0) is 25.0 Å². The number of hydrazine groups is 1. The van der Waals surface area contributed by atoms with Crippen molar-refractivity contribution in [2.75, 3.05) is 5.32 Å². The zero-order chi connectivity index (χ0) is 19.0. The first kappa shape index (κ1) is 18.9. The molecule has 1 saturated heterocycles. The van der Waals surface area contributed by atoms with Crippen LogP contribution in [0.2, 0.25) is 0 Å². The second-order valence-electron chi connectivity index (χ2n) is 6.91. The zero-order valence-electron chi connectivity index (χ0n) is 15.3. The molecule has 26 heavy (non-hydrogen) atoms. The van der Waals surface area contributed by atoms with E-state index in [-0.39, 0.29) is 22.3 Å². The fourth-order valence-electron chi connectivity index (χ4n) is 3.21. The molecule has 0 aliphatic carbocycles. The molecule has 3 rings (SSSR count). The molecule has 1 amide bonds. The maximum absolute atomic E-state index is 12.9. The Labute approximate surface area is 160 Å². The number of anilines is 1. The van der Waals surface area contributed by atoms with Crippen LogP contribution < -0.4 is 21.7 Å². The lowest BCUT2D eigenvalue weighted by Crippen LogP contribution is -2.43. The Balaban J connectivity index is 1.88. The molecule has 8 heteroatoms. The lowest BCUT2D eigenvalue weighted by Gasteiger charge is -2.19. The van der Waals surface area contributed by atoms with Crippen molar-refractivity contribution < 1.29 is 4.79 Å². The molecule has 1 aromatic heterocycles. The third-order valence-electron chi connectivity index (χ3n) is 4.87. The summed E-state index contributed by atoms with van der Waals surface area (Å²) in [5.74, 6) is 0.118. The Morgan fingerprint density at radius 2 is 1.88 bits per heavy atom. The Morgan fingerprint density at radius 1 is 1.23 bits per heavy atom. The quantitative estimate of drug-likeness (QED) is 0.656. The molecule has 2 aromatic rings. The van der Waals surface area contributed by atoms with Crippen LogP contribution >= 0.6 is 15.9 Å². The third-order valence-corrected chi connectivity index (χ3v) is 5.97. The fraction of sp³-hybridized carbons (Fsp3) is 0.444. The normalized spacial score (nSPS) is 22.8. The largest absolute Gasteiger partial charge is 0.318 e. The number of alkyl halides is 1. The number of hydrogen-bond acceptors (Lipinski definition) is 4. The number of nitrogens with zero attached hydrogens (tertiary/aromatic N) is 2. The standard InChI is InChI=1S/C18H24BrN5O2/c1-10(2)14-13(19)16(22-21-14)17(25)20-15-11(3)23(4)24(18(15)26)12-8-6-5-7-9-12/h5-10,13-14,16,21-22H,1-4H3,(H,20,25). The summed E-state index contributed by atoms with van der Waals surface area (Å²) >= 11 is 3.60. The second kappa shape index (κ2) is 7.38. The van der Waals surface area contributed by atoms with Crippen molar-refractivity contribution in [3.05, 3.63) is 46.4 Å². The molecular weight excluding hydrogens is 398 g/mol. The maximum Gasteiger partial charge on any atom is 0.295 e. The number of benzene rings is 1. The van der Waals surface area contributed by atoms with Crippen LogP contribution in [-0.4, -0.2) is 32.2 Å². The molecule has 0 radical (unpaired) electrons. The number of carbonyl (C=O) groups excluding carboxylic acids is 1. The first-order chi connectivity index (χ1) is 12.3. The van der Waals surface area contributed by atoms with E-state index in [0.29, 0.717) is 17.3 Å². The molecule has 3 unspecified atom stereocenters. The fourth-order valence-corrected chi connectivity index (χ4v) is 4.33. The molecule has 1 fully saturated rings. The van der Waals surface area contributed by atoms with Gasteiger partial charge < -0.3 is 5.32 Å². The summed E-state index contributed by atoms with van der Waals surface area (Å²) in [6.45, 7) is 6.00. The Hall–Kier alpha value is -1.90. The zero-order valence-corrected chi connectivity index (χ0v) is 16.9. The van der Waals surface area contributed by atoms with Crippen LogP contribution in [0.4, 0.5) is 5.69 Å². The minimum absolute atomic E-state index is 0.0668. The molecule has 0 saturated carbocycles. The number of aromatic nitrogens is 2. The van der Waals surface area contributed by atoms with Crippen LogP contribution in [0.5, 0.6) is 0 Å². The van der Waals surface area contributed by atoms with Gasteiger partial charge in [0.05, 0.1) is 16.2 Å². The molecule has 3 N–H and O–H groups in total. The topological polar surface area (TPSA) is 80.1 Å². The molecule has 0 bridgehead atoms. The van der Waals surface area contributed by atoms with Crippen LogP contribution in [0.15, 0.2) is 35.1 Å². The van der Waals surface area contributed by atoms with E-state index in [1.54, 1.807) is 16.4 Å². The second-order valence-corrected chi connectivity index (χ2v) is 7.96. The number of hydrogen-bond donors (Lipinski definition) is 3. The highest BCUT2D eigenvalue weighted by molar-refractivity contribution is 9.09. The summed E-state index contributed by atoms with van der Waals surface area (Å²) in [6.07, 6.45) is 0. The number of rotatable bonds is 4. The van der Waals surface area contributed by atoms with E-state index < -0.39 is 6.04 Å². The van der Waals surface area contributed by atoms with Crippen LogP contribution in [-0.2, 0) is 11.8 Å². The van der Waals surface area contributed by atoms with E-state index in [0.717, 1.165) is 5.69 Å². The summed E-state index contributed by atoms with van der Waals surface area (Å²) in [7, 11) is 1.80. The van der Waals surface area contributed by atoms with Gasteiger partial charge in [0.15, 0.2) is 0 Å². The molecule has 3 atom stereocenters.